The van der Waals surface area contributed by atoms with Crippen LogP contribution < -0.4 is 15.8 Å². The molecule has 0 spiro atoms. The van der Waals surface area contributed by atoms with Crippen molar-refractivity contribution in [3.63, 3.8) is 0 Å². The van der Waals surface area contributed by atoms with Gasteiger partial charge in [0.05, 0.1) is 19.8 Å². The number of ether oxygens (including phenoxy) is 2. The zero-order valence-corrected chi connectivity index (χ0v) is 14.6. The lowest BCUT2D eigenvalue weighted by molar-refractivity contribution is -0.146. The highest BCUT2D eigenvalue weighted by Gasteiger charge is 2.16. The van der Waals surface area contributed by atoms with Gasteiger partial charge in [0.2, 0.25) is 5.91 Å². The molecule has 2 N–H and O–H groups in total. The van der Waals surface area contributed by atoms with Gasteiger partial charge in [-0.1, -0.05) is 11.6 Å². The number of anilines is 1. The molecule has 8 nitrogen and oxygen atoms in total. The van der Waals surface area contributed by atoms with Crippen LogP contribution >= 0.6 is 11.6 Å². The van der Waals surface area contributed by atoms with Crippen molar-refractivity contribution in [3.05, 3.63) is 28.8 Å². The molecule has 0 unspecified atom stereocenters. The number of rotatable bonds is 5. The summed E-state index contributed by atoms with van der Waals surface area (Å²) in [5, 5.41) is 0.409. The molecule has 0 bridgehead atoms. The maximum Gasteiger partial charge on any atom is 0.315 e. The van der Waals surface area contributed by atoms with Crippen molar-refractivity contribution < 1.29 is 23.9 Å². The number of amides is 2. The average Bonchev–Trinajstić information content (AvgIpc) is 2.60. The Bertz CT molecular complexity index is 647. The van der Waals surface area contributed by atoms with Gasteiger partial charge in [-0.2, -0.15) is 0 Å². The third-order valence-corrected chi connectivity index (χ3v) is 3.66. The number of esters is 1. The number of hydrogen-bond donors (Lipinski definition) is 2. The predicted molar refractivity (Wildman–Crippen MR) is 91.3 cm³/mol. The molecule has 0 atom stereocenters. The van der Waals surface area contributed by atoms with E-state index in [-0.39, 0.29) is 6.61 Å². The van der Waals surface area contributed by atoms with Gasteiger partial charge in [0, 0.05) is 29.4 Å². The van der Waals surface area contributed by atoms with Crippen molar-refractivity contribution in [2.24, 2.45) is 0 Å². The van der Waals surface area contributed by atoms with Gasteiger partial charge in [-0.3, -0.25) is 25.2 Å². The molecule has 1 aliphatic rings. The van der Waals surface area contributed by atoms with Crippen molar-refractivity contribution in [3.8, 4) is 0 Å². The third kappa shape index (κ3) is 5.91. The molecule has 1 fully saturated rings. The molecule has 0 aliphatic carbocycles. The lowest BCUT2D eigenvalue weighted by Crippen LogP contribution is -2.42. The molecule has 25 heavy (non-hydrogen) atoms. The summed E-state index contributed by atoms with van der Waals surface area (Å²) in [4.78, 5) is 37.0. The van der Waals surface area contributed by atoms with Gasteiger partial charge in [-0.05, 0) is 25.1 Å². The van der Waals surface area contributed by atoms with Crippen molar-refractivity contribution in [2.75, 3.05) is 37.8 Å². The number of halogens is 1. The van der Waals surface area contributed by atoms with E-state index in [4.69, 9.17) is 16.3 Å². The quantitative estimate of drug-likeness (QED) is 0.454. The van der Waals surface area contributed by atoms with Crippen LogP contribution in [0.1, 0.15) is 23.7 Å². The number of hydrogen-bond acceptors (Lipinski definition) is 6. The number of benzene rings is 1. The number of carbonyl (C=O) groups excluding carboxylic acids is 3. The van der Waals surface area contributed by atoms with E-state index < -0.39 is 24.2 Å². The molecule has 9 heteroatoms. The molecule has 0 saturated carbocycles. The number of carbonyl (C=O) groups is 3. The summed E-state index contributed by atoms with van der Waals surface area (Å²) in [5.41, 5.74) is 5.53. The topological polar surface area (TPSA) is 97.0 Å². The normalized spacial score (nSPS) is 13.9. The zero-order chi connectivity index (χ0) is 18.2. The van der Waals surface area contributed by atoms with Gasteiger partial charge in [-0.15, -0.1) is 0 Å². The third-order valence-electron chi connectivity index (χ3n) is 3.45. The van der Waals surface area contributed by atoms with Gasteiger partial charge in [0.25, 0.3) is 5.91 Å². The van der Waals surface area contributed by atoms with Crippen LogP contribution in [0.25, 0.3) is 0 Å². The second-order valence-corrected chi connectivity index (χ2v) is 5.72. The fraction of sp³-hybridized carbons (Fsp3) is 0.438. The van der Waals surface area contributed by atoms with Crippen LogP contribution in [0.2, 0.25) is 5.02 Å². The fourth-order valence-corrected chi connectivity index (χ4v) is 2.52. The first kappa shape index (κ1) is 19.0. The highest BCUT2D eigenvalue weighted by molar-refractivity contribution is 6.31. The van der Waals surface area contributed by atoms with E-state index >= 15 is 0 Å². The van der Waals surface area contributed by atoms with Gasteiger partial charge in [-0.25, -0.2) is 0 Å². The Morgan fingerprint density at radius 1 is 1.20 bits per heavy atom. The summed E-state index contributed by atoms with van der Waals surface area (Å²) in [6, 6.07) is 4.95. The molecule has 136 valence electrons. The van der Waals surface area contributed by atoms with Crippen LogP contribution in [-0.2, 0) is 19.1 Å². The summed E-state index contributed by atoms with van der Waals surface area (Å²) >= 11 is 6.09. The summed E-state index contributed by atoms with van der Waals surface area (Å²) in [7, 11) is 0. The van der Waals surface area contributed by atoms with Crippen LogP contribution in [0.15, 0.2) is 18.2 Å². The molecular formula is C16H20ClN3O5. The Labute approximate surface area is 150 Å². The lowest BCUT2D eigenvalue weighted by Gasteiger charge is -2.29. The fourth-order valence-electron chi connectivity index (χ4n) is 2.30. The van der Waals surface area contributed by atoms with E-state index in [1.807, 2.05) is 0 Å². The van der Waals surface area contributed by atoms with E-state index in [0.717, 1.165) is 5.69 Å². The van der Waals surface area contributed by atoms with E-state index in [1.165, 1.54) is 6.07 Å². The number of nitrogens with zero attached hydrogens (tertiary/aromatic N) is 1. The molecule has 0 aromatic heterocycles. The average molecular weight is 370 g/mol. The summed E-state index contributed by atoms with van der Waals surface area (Å²) in [6.45, 7) is 4.46. The zero-order valence-electron chi connectivity index (χ0n) is 13.8. The summed E-state index contributed by atoms with van der Waals surface area (Å²) in [5.74, 6) is -1.86. The molecular weight excluding hydrogens is 350 g/mol. The van der Waals surface area contributed by atoms with E-state index in [1.54, 1.807) is 19.1 Å². The first-order valence-corrected chi connectivity index (χ1v) is 8.25. The molecule has 1 aromatic carbocycles. The molecule has 2 rings (SSSR count). The second-order valence-electron chi connectivity index (χ2n) is 5.28. The molecule has 1 aromatic rings. The SMILES string of the molecule is CCOC(=O)CC(=O)NNC(=O)c1cc(Cl)cc(N2CCOCC2)c1. The smallest absolute Gasteiger partial charge is 0.315 e. The Morgan fingerprint density at radius 3 is 2.60 bits per heavy atom. The summed E-state index contributed by atoms with van der Waals surface area (Å²) < 4.78 is 9.96. The minimum Gasteiger partial charge on any atom is -0.466 e. The molecule has 2 amide bonds. The Kier molecular flexibility index (Phi) is 7.03. The highest BCUT2D eigenvalue weighted by atomic mass is 35.5. The largest absolute Gasteiger partial charge is 0.466 e. The van der Waals surface area contributed by atoms with Crippen LogP contribution in [0.4, 0.5) is 5.69 Å². The van der Waals surface area contributed by atoms with Gasteiger partial charge in [0.1, 0.15) is 6.42 Å². The standard InChI is InChI=1S/C16H20ClN3O5/c1-2-25-15(22)10-14(21)18-19-16(23)11-7-12(17)9-13(8-11)20-3-5-24-6-4-20/h7-9H,2-6,10H2,1H3,(H,18,21)(H,19,23). The number of hydrazine groups is 1. The first-order chi connectivity index (χ1) is 12.0. The van der Waals surface area contributed by atoms with E-state index in [2.05, 4.69) is 20.5 Å². The maximum atomic E-state index is 12.2. The number of morpholine rings is 1. The minimum absolute atomic E-state index is 0.186. The van der Waals surface area contributed by atoms with Gasteiger partial charge < -0.3 is 14.4 Å². The predicted octanol–water partition coefficient (Wildman–Crippen LogP) is 0.891. The molecule has 1 heterocycles. The van der Waals surface area contributed by atoms with Gasteiger partial charge >= 0.3 is 5.97 Å². The molecule has 1 aliphatic heterocycles. The second kappa shape index (κ2) is 9.24. The van der Waals surface area contributed by atoms with Crippen molar-refractivity contribution >= 4 is 35.1 Å². The monoisotopic (exact) mass is 369 g/mol. The molecule has 0 radical (unpaired) electrons. The Morgan fingerprint density at radius 2 is 1.92 bits per heavy atom. The van der Waals surface area contributed by atoms with E-state index in [9.17, 15) is 14.4 Å². The molecule has 1 saturated heterocycles. The first-order valence-electron chi connectivity index (χ1n) is 7.87. The van der Waals surface area contributed by atoms with Crippen LogP contribution in [0.3, 0.4) is 0 Å². The minimum atomic E-state index is -0.665. The lowest BCUT2D eigenvalue weighted by atomic mass is 10.1. The van der Waals surface area contributed by atoms with Crippen molar-refractivity contribution in [1.82, 2.24) is 10.9 Å². The maximum absolute atomic E-state index is 12.2. The number of nitrogens with one attached hydrogen (secondary N) is 2. The van der Waals surface area contributed by atoms with Crippen LogP contribution in [0, 0.1) is 0 Å². The van der Waals surface area contributed by atoms with Crippen LogP contribution in [-0.4, -0.2) is 50.7 Å². The Hall–Kier alpha value is -2.32. The van der Waals surface area contributed by atoms with Crippen molar-refractivity contribution in [2.45, 2.75) is 13.3 Å². The Balaban J connectivity index is 1.95. The van der Waals surface area contributed by atoms with Crippen molar-refractivity contribution in [1.29, 1.82) is 0 Å². The van der Waals surface area contributed by atoms with Gasteiger partial charge in [0.15, 0.2) is 0 Å². The van der Waals surface area contributed by atoms with E-state index in [0.29, 0.717) is 36.9 Å². The van der Waals surface area contributed by atoms with Crippen LogP contribution in [0.5, 0.6) is 0 Å². The summed E-state index contributed by atoms with van der Waals surface area (Å²) in [6.07, 6.45) is -0.470. The highest BCUT2D eigenvalue weighted by Crippen LogP contribution is 2.23.